The molecular formula is C25H25FN2O3. The van der Waals surface area contributed by atoms with Gasteiger partial charge in [0, 0.05) is 36.5 Å². The van der Waals surface area contributed by atoms with Crippen LogP contribution in [0.5, 0.6) is 0 Å². The lowest BCUT2D eigenvalue weighted by Gasteiger charge is -2.25. The number of pyridine rings is 1. The first-order chi connectivity index (χ1) is 15.0. The molecule has 0 saturated carbocycles. The number of hydrogen-bond acceptors (Lipinski definition) is 5. The lowest BCUT2D eigenvalue weighted by atomic mass is 9.94. The highest BCUT2D eigenvalue weighted by Crippen LogP contribution is 2.37. The molecule has 1 saturated heterocycles. The summed E-state index contributed by atoms with van der Waals surface area (Å²) in [4.78, 5) is 18.7. The fourth-order valence-electron chi connectivity index (χ4n) is 3.87. The second-order valence-corrected chi connectivity index (χ2v) is 7.74. The van der Waals surface area contributed by atoms with Crippen molar-refractivity contribution in [2.45, 2.75) is 32.0 Å². The summed E-state index contributed by atoms with van der Waals surface area (Å²) in [5.41, 5.74) is 3.49. The van der Waals surface area contributed by atoms with Gasteiger partial charge in [-0.1, -0.05) is 36.4 Å². The van der Waals surface area contributed by atoms with Gasteiger partial charge in [0.1, 0.15) is 17.7 Å². The molecule has 31 heavy (non-hydrogen) atoms. The van der Waals surface area contributed by atoms with Crippen molar-refractivity contribution in [3.8, 4) is 11.1 Å². The van der Waals surface area contributed by atoms with Crippen LogP contribution in [0.15, 0.2) is 54.6 Å². The average Bonchev–Trinajstić information content (AvgIpc) is 2.76. The normalized spacial score (nSPS) is 19.0. The Morgan fingerprint density at radius 1 is 1.23 bits per heavy atom. The van der Waals surface area contributed by atoms with Crippen LogP contribution in [0.25, 0.3) is 28.1 Å². The minimum absolute atomic E-state index is 0.0204. The molecular weight excluding hydrogens is 395 g/mol. The van der Waals surface area contributed by atoms with E-state index >= 15 is 0 Å². The predicted molar refractivity (Wildman–Crippen MR) is 120 cm³/mol. The summed E-state index contributed by atoms with van der Waals surface area (Å²) in [7, 11) is 1.97. The molecule has 0 bridgehead atoms. The summed E-state index contributed by atoms with van der Waals surface area (Å²) in [6.07, 6.45) is 2.85. The number of cyclic esters (lactones) is 1. The van der Waals surface area contributed by atoms with Gasteiger partial charge >= 0.3 is 5.97 Å². The Hall–Kier alpha value is -3.25. The van der Waals surface area contributed by atoms with E-state index < -0.39 is 18.2 Å². The molecule has 3 aromatic rings. The molecule has 2 aromatic carbocycles. The number of para-hydroxylation sites is 1. The molecule has 0 radical (unpaired) electrons. The molecule has 0 spiro atoms. The SMILES string of the molecule is CCN(C)c1nc2ccccc2c(-c2ccc(F)cc2)c1/C=C/[C@H]1C[C@H](O)CC(=O)O1. The zero-order valence-corrected chi connectivity index (χ0v) is 17.6. The van der Waals surface area contributed by atoms with Crippen LogP contribution in [-0.2, 0) is 9.53 Å². The maximum Gasteiger partial charge on any atom is 0.309 e. The first-order valence-electron chi connectivity index (χ1n) is 10.4. The van der Waals surface area contributed by atoms with Crippen molar-refractivity contribution >= 4 is 28.8 Å². The van der Waals surface area contributed by atoms with Gasteiger partial charge in [-0.15, -0.1) is 0 Å². The molecule has 1 aromatic heterocycles. The van der Waals surface area contributed by atoms with Crippen molar-refractivity contribution in [2.75, 3.05) is 18.5 Å². The minimum Gasteiger partial charge on any atom is -0.458 e. The Morgan fingerprint density at radius 2 is 1.97 bits per heavy atom. The van der Waals surface area contributed by atoms with Gasteiger partial charge in [0.05, 0.1) is 18.0 Å². The number of aliphatic hydroxyl groups excluding tert-OH is 1. The van der Waals surface area contributed by atoms with Crippen molar-refractivity contribution in [3.63, 3.8) is 0 Å². The fourth-order valence-corrected chi connectivity index (χ4v) is 3.87. The first kappa shape index (κ1) is 21.0. The Balaban J connectivity index is 1.92. The standard InChI is InChI=1S/C25H25FN2O3/c1-3-28(2)25-21(13-12-19-14-18(29)15-23(30)31-19)24(16-8-10-17(26)11-9-16)20-6-4-5-7-22(20)27-25/h4-13,18-19,29H,3,14-15H2,1-2H3/b13-12+/t18-,19-/m0/s1. The summed E-state index contributed by atoms with van der Waals surface area (Å²) in [5, 5.41) is 10.9. The number of carbonyl (C=O) groups excluding carboxylic acids is 1. The van der Waals surface area contributed by atoms with Crippen LogP contribution in [0.2, 0.25) is 0 Å². The van der Waals surface area contributed by atoms with Gasteiger partial charge in [0.2, 0.25) is 0 Å². The smallest absolute Gasteiger partial charge is 0.309 e. The van der Waals surface area contributed by atoms with Crippen LogP contribution in [0, 0.1) is 5.82 Å². The van der Waals surface area contributed by atoms with Gasteiger partial charge in [0.25, 0.3) is 0 Å². The Morgan fingerprint density at radius 3 is 2.68 bits per heavy atom. The van der Waals surface area contributed by atoms with Crippen molar-refractivity contribution in [1.82, 2.24) is 4.98 Å². The van der Waals surface area contributed by atoms with Crippen molar-refractivity contribution in [3.05, 3.63) is 66.0 Å². The van der Waals surface area contributed by atoms with E-state index in [2.05, 4.69) is 0 Å². The predicted octanol–water partition coefficient (Wildman–Crippen LogP) is 4.58. The van der Waals surface area contributed by atoms with Gasteiger partial charge in [0.15, 0.2) is 0 Å². The summed E-state index contributed by atoms with van der Waals surface area (Å²) in [6, 6.07) is 14.3. The van der Waals surface area contributed by atoms with Crippen LogP contribution in [0.3, 0.4) is 0 Å². The molecule has 1 fully saturated rings. The number of hydrogen-bond donors (Lipinski definition) is 1. The lowest BCUT2D eigenvalue weighted by molar-refractivity contribution is -0.156. The number of anilines is 1. The van der Waals surface area contributed by atoms with Crippen LogP contribution in [0.4, 0.5) is 10.2 Å². The van der Waals surface area contributed by atoms with E-state index in [1.165, 1.54) is 12.1 Å². The highest BCUT2D eigenvalue weighted by atomic mass is 19.1. The van der Waals surface area contributed by atoms with E-state index in [4.69, 9.17) is 9.72 Å². The van der Waals surface area contributed by atoms with E-state index in [-0.39, 0.29) is 12.2 Å². The highest BCUT2D eigenvalue weighted by molar-refractivity contribution is 6.01. The van der Waals surface area contributed by atoms with Crippen molar-refractivity contribution in [1.29, 1.82) is 0 Å². The maximum atomic E-state index is 13.6. The van der Waals surface area contributed by atoms with Gasteiger partial charge in [-0.05, 0) is 36.8 Å². The number of aliphatic hydroxyl groups is 1. The summed E-state index contributed by atoms with van der Waals surface area (Å²) >= 11 is 0. The van der Waals surface area contributed by atoms with Gasteiger partial charge < -0.3 is 14.7 Å². The van der Waals surface area contributed by atoms with Crippen LogP contribution in [-0.4, -0.2) is 41.9 Å². The molecule has 1 N–H and O–H groups in total. The number of aromatic nitrogens is 1. The summed E-state index contributed by atoms with van der Waals surface area (Å²) in [5.74, 6) is 0.0716. The minimum atomic E-state index is -0.708. The van der Waals surface area contributed by atoms with E-state index in [1.54, 1.807) is 18.2 Å². The van der Waals surface area contributed by atoms with Crippen LogP contribution < -0.4 is 4.90 Å². The number of carbonyl (C=O) groups is 1. The highest BCUT2D eigenvalue weighted by Gasteiger charge is 2.26. The zero-order chi connectivity index (χ0) is 22.0. The average molecular weight is 420 g/mol. The molecule has 4 rings (SSSR count). The summed E-state index contributed by atoms with van der Waals surface area (Å²) in [6.45, 7) is 2.79. The maximum absolute atomic E-state index is 13.6. The Kier molecular flexibility index (Phi) is 6.00. The molecule has 0 amide bonds. The molecule has 2 atom stereocenters. The van der Waals surface area contributed by atoms with E-state index in [9.17, 15) is 14.3 Å². The monoisotopic (exact) mass is 420 g/mol. The number of ether oxygens (including phenoxy) is 1. The number of fused-ring (bicyclic) bond motifs is 1. The van der Waals surface area contributed by atoms with Crippen molar-refractivity contribution in [2.24, 2.45) is 0 Å². The summed E-state index contributed by atoms with van der Waals surface area (Å²) < 4.78 is 19.0. The third-order valence-corrected chi connectivity index (χ3v) is 5.55. The first-order valence-corrected chi connectivity index (χ1v) is 10.4. The van der Waals surface area contributed by atoms with Gasteiger partial charge in [-0.3, -0.25) is 4.79 Å². The van der Waals surface area contributed by atoms with Gasteiger partial charge in [-0.2, -0.15) is 0 Å². The molecule has 6 heteroatoms. The molecule has 5 nitrogen and oxygen atoms in total. The second-order valence-electron chi connectivity index (χ2n) is 7.74. The third kappa shape index (κ3) is 4.44. The second kappa shape index (κ2) is 8.86. The third-order valence-electron chi connectivity index (χ3n) is 5.55. The van der Waals surface area contributed by atoms with E-state index in [0.29, 0.717) is 6.42 Å². The van der Waals surface area contributed by atoms with Crippen LogP contribution in [0.1, 0.15) is 25.3 Å². The van der Waals surface area contributed by atoms with E-state index in [0.717, 1.165) is 40.0 Å². The number of esters is 1. The molecule has 160 valence electrons. The zero-order valence-electron chi connectivity index (χ0n) is 17.6. The van der Waals surface area contributed by atoms with Gasteiger partial charge in [-0.25, -0.2) is 9.37 Å². The molecule has 1 aliphatic rings. The largest absolute Gasteiger partial charge is 0.458 e. The molecule has 1 aliphatic heterocycles. The molecule has 0 unspecified atom stereocenters. The fraction of sp³-hybridized carbons (Fsp3) is 0.280. The lowest BCUT2D eigenvalue weighted by Crippen LogP contribution is -2.31. The van der Waals surface area contributed by atoms with Crippen LogP contribution >= 0.6 is 0 Å². The Labute approximate surface area is 180 Å². The number of rotatable bonds is 5. The van der Waals surface area contributed by atoms with E-state index in [1.807, 2.05) is 49.2 Å². The Bertz CT molecular complexity index is 1130. The molecule has 2 heterocycles. The topological polar surface area (TPSA) is 62.7 Å². The number of halogens is 1. The number of benzene rings is 2. The number of nitrogens with zero attached hydrogens (tertiary/aromatic N) is 2. The van der Waals surface area contributed by atoms with Crippen molar-refractivity contribution < 1.29 is 19.0 Å². The quantitative estimate of drug-likeness (QED) is 0.613. The molecule has 0 aliphatic carbocycles.